The summed E-state index contributed by atoms with van der Waals surface area (Å²) in [5.74, 6) is -0.209. The lowest BCUT2D eigenvalue weighted by molar-refractivity contribution is 0.0591. The molecule has 1 N–H and O–H groups in total. The molecule has 0 saturated carbocycles. The number of ether oxygens (including phenoxy) is 1. The van der Waals surface area contributed by atoms with Gasteiger partial charge in [-0.15, -0.1) is 0 Å². The average molecular weight is 383 g/mol. The number of fused-ring (bicyclic) bond motifs is 1. The molecule has 28 heavy (non-hydrogen) atoms. The lowest BCUT2D eigenvalue weighted by Crippen LogP contribution is -2.50. The number of H-pyrrole nitrogens is 1. The summed E-state index contributed by atoms with van der Waals surface area (Å²) in [4.78, 5) is 21.4. The summed E-state index contributed by atoms with van der Waals surface area (Å²) < 4.78 is 19.8. The second kappa shape index (κ2) is 7.55. The van der Waals surface area contributed by atoms with Crippen molar-refractivity contribution >= 4 is 16.9 Å². The molecule has 1 fully saturated rings. The lowest BCUT2D eigenvalue weighted by atomic mass is 10.2. The molecule has 3 heterocycles. The zero-order valence-corrected chi connectivity index (χ0v) is 15.9. The molecule has 1 aliphatic rings. The Morgan fingerprint density at radius 1 is 1.14 bits per heavy atom. The van der Waals surface area contributed by atoms with Crippen LogP contribution in [0.5, 0.6) is 11.5 Å². The molecule has 0 radical (unpaired) electrons. The van der Waals surface area contributed by atoms with Crippen LogP contribution in [0.25, 0.3) is 11.0 Å². The zero-order chi connectivity index (χ0) is 19.7. The number of amides is 1. The van der Waals surface area contributed by atoms with Gasteiger partial charge in [0.2, 0.25) is 0 Å². The van der Waals surface area contributed by atoms with Gasteiger partial charge in [0.25, 0.3) is 5.91 Å². The van der Waals surface area contributed by atoms with E-state index in [2.05, 4.69) is 33.9 Å². The van der Waals surface area contributed by atoms with Crippen LogP contribution in [-0.2, 0) is 0 Å². The maximum Gasteiger partial charge on any atom is 0.272 e. The van der Waals surface area contributed by atoms with Gasteiger partial charge in [0.1, 0.15) is 11.4 Å². The number of carbonyl (C=O) groups excluding carboxylic acids is 1. The Morgan fingerprint density at radius 2 is 1.89 bits per heavy atom. The van der Waals surface area contributed by atoms with Crippen molar-refractivity contribution in [2.75, 3.05) is 26.2 Å². The van der Waals surface area contributed by atoms with E-state index in [0.29, 0.717) is 41.6 Å². The van der Waals surface area contributed by atoms with Crippen molar-refractivity contribution in [3.8, 4) is 11.5 Å². The van der Waals surface area contributed by atoms with Gasteiger partial charge in [0, 0.05) is 44.5 Å². The van der Waals surface area contributed by atoms with E-state index >= 15 is 0 Å². The molecular formula is C20H22FN5O2. The van der Waals surface area contributed by atoms with Crippen molar-refractivity contribution in [2.24, 2.45) is 0 Å². The summed E-state index contributed by atoms with van der Waals surface area (Å²) in [5.41, 5.74) is 0.672. The number of carbonyl (C=O) groups is 1. The van der Waals surface area contributed by atoms with Crippen LogP contribution in [0.2, 0.25) is 0 Å². The van der Waals surface area contributed by atoms with Crippen molar-refractivity contribution in [3.63, 3.8) is 0 Å². The molecule has 7 nitrogen and oxygen atoms in total. The number of piperazine rings is 1. The number of hydrogen-bond donors (Lipinski definition) is 1. The maximum absolute atomic E-state index is 14.0. The Balaban J connectivity index is 1.63. The molecular weight excluding hydrogens is 361 g/mol. The summed E-state index contributed by atoms with van der Waals surface area (Å²) in [6.07, 6.45) is 1.52. The van der Waals surface area contributed by atoms with E-state index in [9.17, 15) is 9.18 Å². The molecule has 3 aromatic rings. The van der Waals surface area contributed by atoms with Crippen LogP contribution in [0.3, 0.4) is 0 Å². The van der Waals surface area contributed by atoms with E-state index in [-0.39, 0.29) is 11.7 Å². The number of halogens is 1. The van der Waals surface area contributed by atoms with Crippen molar-refractivity contribution in [1.82, 2.24) is 25.0 Å². The minimum Gasteiger partial charge on any atom is -0.453 e. The first kappa shape index (κ1) is 18.4. The van der Waals surface area contributed by atoms with Crippen LogP contribution >= 0.6 is 0 Å². The Hall–Kier alpha value is -3.00. The van der Waals surface area contributed by atoms with Crippen LogP contribution in [0, 0.1) is 5.82 Å². The molecule has 1 saturated heterocycles. The largest absolute Gasteiger partial charge is 0.453 e. The zero-order valence-electron chi connectivity index (χ0n) is 15.9. The van der Waals surface area contributed by atoms with Gasteiger partial charge in [-0.05, 0) is 26.0 Å². The minimum absolute atomic E-state index is 0.0835. The Morgan fingerprint density at radius 3 is 2.61 bits per heavy atom. The highest BCUT2D eigenvalue weighted by atomic mass is 19.1. The van der Waals surface area contributed by atoms with Crippen LogP contribution < -0.4 is 4.74 Å². The van der Waals surface area contributed by atoms with Crippen LogP contribution in [0.4, 0.5) is 4.39 Å². The van der Waals surface area contributed by atoms with E-state index in [1.165, 1.54) is 18.3 Å². The number of nitrogens with zero attached hydrogens (tertiary/aromatic N) is 4. The highest BCUT2D eigenvalue weighted by Gasteiger charge is 2.27. The number of hydrogen-bond acceptors (Lipinski definition) is 5. The molecule has 1 amide bonds. The van der Waals surface area contributed by atoms with E-state index in [4.69, 9.17) is 4.74 Å². The van der Waals surface area contributed by atoms with Gasteiger partial charge >= 0.3 is 0 Å². The summed E-state index contributed by atoms with van der Waals surface area (Å²) in [6.45, 7) is 7.23. The van der Waals surface area contributed by atoms with E-state index < -0.39 is 5.82 Å². The fourth-order valence-electron chi connectivity index (χ4n) is 3.40. The second-order valence-electron chi connectivity index (χ2n) is 7.06. The summed E-state index contributed by atoms with van der Waals surface area (Å²) in [6, 6.07) is 8.20. The second-order valence-corrected chi connectivity index (χ2v) is 7.06. The SMILES string of the molecule is CC(C)N1CCN(C(=O)c2[nH]nc3nccc(Oc4ccccc4F)c23)CC1. The molecule has 1 aromatic carbocycles. The van der Waals surface area contributed by atoms with Gasteiger partial charge in [0.05, 0.1) is 5.39 Å². The molecule has 0 unspecified atom stereocenters. The Labute approximate surface area is 162 Å². The minimum atomic E-state index is -0.478. The van der Waals surface area contributed by atoms with Crippen molar-refractivity contribution in [1.29, 1.82) is 0 Å². The predicted molar refractivity (Wildman–Crippen MR) is 103 cm³/mol. The summed E-state index contributed by atoms with van der Waals surface area (Å²) >= 11 is 0. The number of pyridine rings is 1. The maximum atomic E-state index is 14.0. The van der Waals surface area contributed by atoms with E-state index in [1.54, 1.807) is 23.1 Å². The number of para-hydroxylation sites is 1. The van der Waals surface area contributed by atoms with E-state index in [1.807, 2.05) is 0 Å². The molecule has 0 atom stereocenters. The number of aromatic amines is 1. The normalized spacial score (nSPS) is 15.4. The van der Waals surface area contributed by atoms with Gasteiger partial charge in [-0.25, -0.2) is 9.37 Å². The number of aromatic nitrogens is 3. The Bertz CT molecular complexity index is 995. The summed E-state index contributed by atoms with van der Waals surface area (Å²) in [5, 5.41) is 7.39. The van der Waals surface area contributed by atoms with Crippen LogP contribution in [0.1, 0.15) is 24.3 Å². The predicted octanol–water partition coefficient (Wildman–Crippen LogP) is 3.06. The smallest absolute Gasteiger partial charge is 0.272 e. The number of nitrogens with one attached hydrogen (secondary N) is 1. The molecule has 4 rings (SSSR count). The summed E-state index contributed by atoms with van der Waals surface area (Å²) in [7, 11) is 0. The average Bonchev–Trinajstić information content (AvgIpc) is 3.14. The highest BCUT2D eigenvalue weighted by molar-refractivity contribution is 6.06. The highest BCUT2D eigenvalue weighted by Crippen LogP contribution is 2.32. The fraction of sp³-hybridized carbons (Fsp3) is 0.350. The molecule has 8 heteroatoms. The first-order valence-electron chi connectivity index (χ1n) is 9.33. The monoisotopic (exact) mass is 383 g/mol. The number of benzene rings is 1. The van der Waals surface area contributed by atoms with Gasteiger partial charge in [-0.3, -0.25) is 14.8 Å². The van der Waals surface area contributed by atoms with Crippen LogP contribution in [-0.4, -0.2) is 63.1 Å². The quantitative estimate of drug-likeness (QED) is 0.750. The van der Waals surface area contributed by atoms with Gasteiger partial charge in [-0.1, -0.05) is 12.1 Å². The Kier molecular flexibility index (Phi) is 4.95. The van der Waals surface area contributed by atoms with Gasteiger partial charge in [0.15, 0.2) is 17.2 Å². The lowest BCUT2D eigenvalue weighted by Gasteiger charge is -2.36. The molecule has 1 aliphatic heterocycles. The van der Waals surface area contributed by atoms with Crippen molar-refractivity contribution in [2.45, 2.75) is 19.9 Å². The van der Waals surface area contributed by atoms with Crippen molar-refractivity contribution in [3.05, 3.63) is 48.0 Å². The third-order valence-corrected chi connectivity index (χ3v) is 5.02. The molecule has 2 aromatic heterocycles. The standard InChI is InChI=1S/C20H22FN5O2/c1-13(2)25-9-11-26(12-10-25)20(27)18-17-16(7-8-22-19(17)24-23-18)28-15-6-4-3-5-14(15)21/h3-8,13H,9-12H2,1-2H3,(H,22,23,24). The topological polar surface area (TPSA) is 74.4 Å². The molecule has 0 aliphatic carbocycles. The first-order valence-corrected chi connectivity index (χ1v) is 9.33. The third-order valence-electron chi connectivity index (χ3n) is 5.02. The van der Waals surface area contributed by atoms with Crippen molar-refractivity contribution < 1.29 is 13.9 Å². The first-order chi connectivity index (χ1) is 13.5. The number of rotatable bonds is 4. The van der Waals surface area contributed by atoms with Gasteiger partial charge in [-0.2, -0.15) is 5.10 Å². The fourth-order valence-corrected chi connectivity index (χ4v) is 3.40. The molecule has 146 valence electrons. The van der Waals surface area contributed by atoms with Gasteiger partial charge < -0.3 is 9.64 Å². The van der Waals surface area contributed by atoms with Crippen LogP contribution in [0.15, 0.2) is 36.5 Å². The third kappa shape index (κ3) is 3.43. The molecule has 0 spiro atoms. The molecule has 0 bridgehead atoms. The van der Waals surface area contributed by atoms with E-state index in [0.717, 1.165) is 13.1 Å².